The summed E-state index contributed by atoms with van der Waals surface area (Å²) in [6.07, 6.45) is 1.90. The molecule has 1 N–H and O–H groups in total. The average Bonchev–Trinajstić information content (AvgIpc) is 2.26. The van der Waals surface area contributed by atoms with Gasteiger partial charge in [-0.3, -0.25) is 4.79 Å². The van der Waals surface area contributed by atoms with Crippen molar-refractivity contribution in [3.8, 4) is 0 Å². The Hall–Kier alpha value is -0.540. The molecule has 4 heteroatoms. The van der Waals surface area contributed by atoms with Gasteiger partial charge in [0.1, 0.15) is 0 Å². The Morgan fingerprint density at radius 2 is 2.18 bits per heavy atom. The van der Waals surface area contributed by atoms with Gasteiger partial charge in [0, 0.05) is 15.4 Å². The fraction of sp³-hybridized carbons (Fsp3) is 0.462. The molecule has 1 atom stereocenters. The fourth-order valence-corrected chi connectivity index (χ4v) is 2.28. The molecule has 1 unspecified atom stereocenters. The Labute approximate surface area is 116 Å². The van der Waals surface area contributed by atoms with Crippen LogP contribution in [0.3, 0.4) is 0 Å². The van der Waals surface area contributed by atoms with E-state index in [1.807, 2.05) is 19.9 Å². The highest BCUT2D eigenvalue weighted by atomic mass is 79.9. The quantitative estimate of drug-likeness (QED) is 0.850. The summed E-state index contributed by atoms with van der Waals surface area (Å²) in [7, 11) is 0. The van der Waals surface area contributed by atoms with Crippen LogP contribution in [0.15, 0.2) is 16.6 Å². The zero-order valence-corrected chi connectivity index (χ0v) is 12.7. The van der Waals surface area contributed by atoms with E-state index in [9.17, 15) is 4.79 Å². The van der Waals surface area contributed by atoms with Gasteiger partial charge in [-0.25, -0.2) is 0 Å². The highest BCUT2D eigenvalue weighted by Crippen LogP contribution is 2.29. The zero-order valence-electron chi connectivity index (χ0n) is 10.3. The lowest BCUT2D eigenvalue weighted by Crippen LogP contribution is -2.20. The molecule has 0 aliphatic carbocycles. The smallest absolute Gasteiger partial charge is 0.227 e. The molecule has 0 spiro atoms. The highest BCUT2D eigenvalue weighted by Gasteiger charge is 2.14. The summed E-state index contributed by atoms with van der Waals surface area (Å²) in [5.74, 6) is 0.0550. The molecule has 0 radical (unpaired) electrons. The molecule has 0 heterocycles. The van der Waals surface area contributed by atoms with Crippen molar-refractivity contribution < 1.29 is 4.79 Å². The number of rotatable bonds is 4. The van der Waals surface area contributed by atoms with Crippen LogP contribution in [0, 0.1) is 12.8 Å². The third kappa shape index (κ3) is 4.00. The van der Waals surface area contributed by atoms with Crippen LogP contribution >= 0.6 is 27.5 Å². The number of carbonyl (C=O) groups is 1. The number of anilines is 1. The third-order valence-corrected chi connectivity index (χ3v) is 3.74. The summed E-state index contributed by atoms with van der Waals surface area (Å²) in [6.45, 7) is 5.93. The molecule has 0 saturated carbocycles. The second kappa shape index (κ2) is 6.41. The van der Waals surface area contributed by atoms with Gasteiger partial charge in [-0.05, 0) is 47.0 Å². The van der Waals surface area contributed by atoms with E-state index in [4.69, 9.17) is 11.6 Å². The first kappa shape index (κ1) is 14.5. The number of benzene rings is 1. The molecular weight excluding hydrogens is 302 g/mol. The highest BCUT2D eigenvalue weighted by molar-refractivity contribution is 9.10. The molecule has 0 bridgehead atoms. The van der Waals surface area contributed by atoms with Crippen LogP contribution in [0.5, 0.6) is 0 Å². The number of aryl methyl sites for hydroxylation is 1. The number of hydrogen-bond donors (Lipinski definition) is 1. The minimum atomic E-state index is 0.0204. The third-order valence-electron chi connectivity index (χ3n) is 2.68. The first-order valence-electron chi connectivity index (χ1n) is 5.72. The number of nitrogens with one attached hydrogen (secondary N) is 1. The van der Waals surface area contributed by atoms with Crippen LogP contribution in [-0.4, -0.2) is 5.91 Å². The van der Waals surface area contributed by atoms with Crippen molar-refractivity contribution in [1.82, 2.24) is 0 Å². The van der Waals surface area contributed by atoms with Gasteiger partial charge in [-0.1, -0.05) is 31.9 Å². The largest absolute Gasteiger partial charge is 0.325 e. The van der Waals surface area contributed by atoms with E-state index in [-0.39, 0.29) is 11.8 Å². The minimum absolute atomic E-state index is 0.0204. The van der Waals surface area contributed by atoms with Gasteiger partial charge in [0.25, 0.3) is 0 Å². The molecule has 1 aromatic rings. The SMILES string of the molecule is CCCC(C)C(=O)Nc1cc(Cl)c(C)cc1Br. The number of carbonyl (C=O) groups excluding carboxylic acids is 1. The van der Waals surface area contributed by atoms with Crippen molar-refractivity contribution in [2.45, 2.75) is 33.6 Å². The number of amides is 1. The summed E-state index contributed by atoms with van der Waals surface area (Å²) in [4.78, 5) is 11.9. The molecule has 0 aromatic heterocycles. The minimum Gasteiger partial charge on any atom is -0.325 e. The van der Waals surface area contributed by atoms with Crippen LogP contribution in [-0.2, 0) is 4.79 Å². The predicted molar refractivity (Wildman–Crippen MR) is 76.6 cm³/mol. The van der Waals surface area contributed by atoms with Gasteiger partial charge in [0.05, 0.1) is 5.69 Å². The second-order valence-corrected chi connectivity index (χ2v) is 5.52. The summed E-state index contributed by atoms with van der Waals surface area (Å²) in [6, 6.07) is 3.68. The average molecular weight is 319 g/mol. The number of halogens is 2. The molecule has 1 aromatic carbocycles. The summed E-state index contributed by atoms with van der Waals surface area (Å²) >= 11 is 9.46. The van der Waals surface area contributed by atoms with Crippen molar-refractivity contribution in [3.05, 3.63) is 27.2 Å². The van der Waals surface area contributed by atoms with Crippen molar-refractivity contribution >= 4 is 39.1 Å². The zero-order chi connectivity index (χ0) is 13.0. The van der Waals surface area contributed by atoms with E-state index in [1.54, 1.807) is 6.07 Å². The molecule has 1 rings (SSSR count). The molecule has 17 heavy (non-hydrogen) atoms. The van der Waals surface area contributed by atoms with Crippen LogP contribution < -0.4 is 5.32 Å². The fourth-order valence-electron chi connectivity index (χ4n) is 1.56. The first-order chi connectivity index (χ1) is 7.95. The maximum absolute atomic E-state index is 11.9. The molecule has 0 saturated heterocycles. The van der Waals surface area contributed by atoms with Crippen LogP contribution in [0.25, 0.3) is 0 Å². The monoisotopic (exact) mass is 317 g/mol. The normalized spacial score (nSPS) is 12.3. The van der Waals surface area contributed by atoms with Gasteiger partial charge in [-0.15, -0.1) is 0 Å². The van der Waals surface area contributed by atoms with E-state index in [0.717, 1.165) is 28.6 Å². The Morgan fingerprint density at radius 1 is 1.53 bits per heavy atom. The number of hydrogen-bond acceptors (Lipinski definition) is 1. The molecular formula is C13H17BrClNO. The Kier molecular flexibility index (Phi) is 5.47. The lowest BCUT2D eigenvalue weighted by Gasteiger charge is -2.13. The Balaban J connectivity index is 2.81. The molecule has 0 aliphatic heterocycles. The molecule has 2 nitrogen and oxygen atoms in total. The van der Waals surface area contributed by atoms with Gasteiger partial charge in [0.2, 0.25) is 5.91 Å². The van der Waals surface area contributed by atoms with E-state index >= 15 is 0 Å². The van der Waals surface area contributed by atoms with Crippen LogP contribution in [0.1, 0.15) is 32.3 Å². The van der Waals surface area contributed by atoms with E-state index in [1.165, 1.54) is 0 Å². The lowest BCUT2D eigenvalue weighted by atomic mass is 10.1. The maximum Gasteiger partial charge on any atom is 0.227 e. The van der Waals surface area contributed by atoms with Crippen molar-refractivity contribution in [2.75, 3.05) is 5.32 Å². The molecule has 94 valence electrons. The topological polar surface area (TPSA) is 29.1 Å². The summed E-state index contributed by atoms with van der Waals surface area (Å²) < 4.78 is 0.858. The molecule has 0 aliphatic rings. The van der Waals surface area contributed by atoms with Gasteiger partial charge < -0.3 is 5.32 Å². The molecule has 1 amide bonds. The van der Waals surface area contributed by atoms with Gasteiger partial charge >= 0.3 is 0 Å². The van der Waals surface area contributed by atoms with E-state index in [2.05, 4.69) is 28.2 Å². The first-order valence-corrected chi connectivity index (χ1v) is 6.89. The Morgan fingerprint density at radius 3 is 2.76 bits per heavy atom. The van der Waals surface area contributed by atoms with Gasteiger partial charge in [0.15, 0.2) is 0 Å². The van der Waals surface area contributed by atoms with Crippen LogP contribution in [0.2, 0.25) is 5.02 Å². The molecule has 0 fully saturated rings. The summed E-state index contributed by atoms with van der Waals surface area (Å²) in [5.41, 5.74) is 1.71. The van der Waals surface area contributed by atoms with Gasteiger partial charge in [-0.2, -0.15) is 0 Å². The lowest BCUT2D eigenvalue weighted by molar-refractivity contribution is -0.119. The van der Waals surface area contributed by atoms with E-state index < -0.39 is 0 Å². The van der Waals surface area contributed by atoms with Crippen molar-refractivity contribution in [3.63, 3.8) is 0 Å². The van der Waals surface area contributed by atoms with E-state index in [0.29, 0.717) is 5.02 Å². The van der Waals surface area contributed by atoms with Crippen molar-refractivity contribution in [1.29, 1.82) is 0 Å². The predicted octanol–water partition coefficient (Wildman–Crippen LogP) is 4.79. The standard InChI is InChI=1S/C13H17BrClNO/c1-4-5-8(2)13(17)16-12-7-11(15)9(3)6-10(12)14/h6-8H,4-5H2,1-3H3,(H,16,17). The Bertz CT molecular complexity index is 420. The van der Waals surface area contributed by atoms with Crippen molar-refractivity contribution in [2.24, 2.45) is 5.92 Å². The maximum atomic E-state index is 11.9. The summed E-state index contributed by atoms with van der Waals surface area (Å²) in [5, 5.41) is 3.55. The second-order valence-electron chi connectivity index (χ2n) is 4.26. The van der Waals surface area contributed by atoms with Crippen LogP contribution in [0.4, 0.5) is 5.69 Å².